The van der Waals surface area contributed by atoms with Gasteiger partial charge in [-0.05, 0) is 42.0 Å². The minimum absolute atomic E-state index is 0.0102. The number of amides is 3. The molecular formula is C28H20N2O6. The van der Waals surface area contributed by atoms with Gasteiger partial charge in [0.1, 0.15) is 5.76 Å². The maximum absolute atomic E-state index is 12.8. The van der Waals surface area contributed by atoms with Crippen molar-refractivity contribution in [2.24, 2.45) is 0 Å². The van der Waals surface area contributed by atoms with E-state index in [1.165, 1.54) is 24.5 Å². The number of ether oxygens (including phenoxy) is 1. The third-order valence-electron chi connectivity index (χ3n) is 5.72. The molecule has 4 aromatic rings. The average Bonchev–Trinajstić information content (AvgIpc) is 3.51. The number of rotatable bonds is 7. The molecule has 0 aliphatic carbocycles. The molecule has 0 spiro atoms. The minimum Gasteiger partial charge on any atom is -0.467 e. The lowest BCUT2D eigenvalue weighted by atomic mass is 10.0. The lowest BCUT2D eigenvalue weighted by Gasteiger charge is -2.12. The zero-order valence-electron chi connectivity index (χ0n) is 19.0. The molecule has 0 radical (unpaired) electrons. The second-order valence-electron chi connectivity index (χ2n) is 8.07. The summed E-state index contributed by atoms with van der Waals surface area (Å²) in [6, 6.07) is 24.3. The smallest absolute Gasteiger partial charge is 0.338 e. The van der Waals surface area contributed by atoms with E-state index in [1.807, 2.05) is 42.5 Å². The fourth-order valence-electron chi connectivity index (χ4n) is 3.98. The second-order valence-corrected chi connectivity index (χ2v) is 8.07. The van der Waals surface area contributed by atoms with Gasteiger partial charge in [-0.3, -0.25) is 19.3 Å². The van der Waals surface area contributed by atoms with Gasteiger partial charge >= 0.3 is 5.97 Å². The Balaban J connectivity index is 1.24. The van der Waals surface area contributed by atoms with Crippen LogP contribution in [0, 0.1) is 0 Å². The Kier molecular flexibility index (Phi) is 6.15. The van der Waals surface area contributed by atoms with Gasteiger partial charge in [0, 0.05) is 11.3 Å². The van der Waals surface area contributed by atoms with Crippen molar-refractivity contribution in [3.05, 3.63) is 114 Å². The number of carbonyl (C=O) groups is 4. The number of nitrogens with zero attached hydrogens (tertiary/aromatic N) is 1. The Morgan fingerprint density at radius 2 is 1.56 bits per heavy atom. The summed E-state index contributed by atoms with van der Waals surface area (Å²) in [6.07, 6.45) is 1.46. The predicted octanol–water partition coefficient (Wildman–Crippen LogP) is 4.54. The van der Waals surface area contributed by atoms with Gasteiger partial charge < -0.3 is 14.5 Å². The standard InChI is InChI=1S/C28H20N2O6/c31-25(29-24-11-5-4-10-21(24)18-7-2-1-3-8-18)17-36-28(34)19-12-13-22-23(15-19)27(33)30(26(22)32)16-20-9-6-14-35-20/h1-15H,16-17H2,(H,29,31). The summed E-state index contributed by atoms with van der Waals surface area (Å²) < 4.78 is 10.4. The van der Waals surface area contributed by atoms with Gasteiger partial charge in [0.25, 0.3) is 17.7 Å². The Hall–Kier alpha value is -4.98. The zero-order chi connectivity index (χ0) is 25.1. The maximum Gasteiger partial charge on any atom is 0.338 e. The number of anilines is 1. The summed E-state index contributed by atoms with van der Waals surface area (Å²) in [5.74, 6) is -1.83. The van der Waals surface area contributed by atoms with E-state index < -0.39 is 30.3 Å². The highest BCUT2D eigenvalue weighted by Gasteiger charge is 2.36. The van der Waals surface area contributed by atoms with Crippen LogP contribution in [0.15, 0.2) is 95.6 Å². The van der Waals surface area contributed by atoms with Gasteiger partial charge in [0.15, 0.2) is 6.61 Å². The molecule has 36 heavy (non-hydrogen) atoms. The molecule has 178 valence electrons. The monoisotopic (exact) mass is 480 g/mol. The van der Waals surface area contributed by atoms with Crippen molar-refractivity contribution in [2.75, 3.05) is 11.9 Å². The Labute approximate surface area is 206 Å². The third-order valence-corrected chi connectivity index (χ3v) is 5.72. The quantitative estimate of drug-likeness (QED) is 0.308. The number of carbonyl (C=O) groups excluding carboxylic acids is 4. The number of furan rings is 1. The number of hydrogen-bond acceptors (Lipinski definition) is 6. The van der Waals surface area contributed by atoms with Crippen molar-refractivity contribution in [2.45, 2.75) is 6.54 Å². The number of fused-ring (bicyclic) bond motifs is 1. The molecule has 3 aromatic carbocycles. The van der Waals surface area contributed by atoms with Crippen LogP contribution in [0.1, 0.15) is 36.8 Å². The molecule has 1 aliphatic heterocycles. The van der Waals surface area contributed by atoms with Gasteiger partial charge in [0.05, 0.1) is 29.5 Å². The van der Waals surface area contributed by atoms with Crippen LogP contribution < -0.4 is 5.32 Å². The van der Waals surface area contributed by atoms with Crippen LogP contribution in [0.2, 0.25) is 0 Å². The Bertz CT molecular complexity index is 1460. The fraction of sp³-hybridized carbons (Fsp3) is 0.0714. The Morgan fingerprint density at radius 3 is 2.33 bits per heavy atom. The van der Waals surface area contributed by atoms with E-state index in [1.54, 1.807) is 24.3 Å². The summed E-state index contributed by atoms with van der Waals surface area (Å²) in [5, 5.41) is 2.77. The molecular weight excluding hydrogens is 460 g/mol. The van der Waals surface area contributed by atoms with E-state index in [4.69, 9.17) is 9.15 Å². The molecule has 8 heteroatoms. The van der Waals surface area contributed by atoms with E-state index in [0.29, 0.717) is 11.4 Å². The number of nitrogens with one attached hydrogen (secondary N) is 1. The van der Waals surface area contributed by atoms with E-state index in [2.05, 4.69) is 5.32 Å². The highest BCUT2D eigenvalue weighted by Crippen LogP contribution is 2.28. The number of imide groups is 1. The highest BCUT2D eigenvalue weighted by atomic mass is 16.5. The molecule has 1 N–H and O–H groups in total. The van der Waals surface area contributed by atoms with Crippen LogP contribution in [-0.2, 0) is 16.1 Å². The summed E-state index contributed by atoms with van der Waals surface area (Å²) in [5.41, 5.74) is 2.71. The van der Waals surface area contributed by atoms with E-state index in [-0.39, 0.29) is 23.2 Å². The van der Waals surface area contributed by atoms with Crippen molar-refractivity contribution in [3.63, 3.8) is 0 Å². The van der Waals surface area contributed by atoms with Crippen molar-refractivity contribution in [1.82, 2.24) is 4.90 Å². The predicted molar refractivity (Wildman–Crippen MR) is 130 cm³/mol. The second kappa shape index (κ2) is 9.71. The molecule has 2 heterocycles. The van der Waals surface area contributed by atoms with Gasteiger partial charge in [-0.15, -0.1) is 0 Å². The van der Waals surface area contributed by atoms with Gasteiger partial charge in [0.2, 0.25) is 0 Å². The summed E-state index contributed by atoms with van der Waals surface area (Å²) in [4.78, 5) is 51.5. The van der Waals surface area contributed by atoms with Crippen molar-refractivity contribution >= 4 is 29.4 Å². The molecule has 1 aromatic heterocycles. The highest BCUT2D eigenvalue weighted by molar-refractivity contribution is 6.21. The molecule has 0 saturated carbocycles. The SMILES string of the molecule is O=C(COC(=O)c1ccc2c(c1)C(=O)N(Cc1ccco1)C2=O)Nc1ccccc1-c1ccccc1. The summed E-state index contributed by atoms with van der Waals surface area (Å²) in [7, 11) is 0. The van der Waals surface area contributed by atoms with Gasteiger partial charge in [-0.1, -0.05) is 48.5 Å². The lowest BCUT2D eigenvalue weighted by molar-refractivity contribution is -0.119. The normalized spacial score (nSPS) is 12.4. The lowest BCUT2D eigenvalue weighted by Crippen LogP contribution is -2.28. The number of hydrogen-bond donors (Lipinski definition) is 1. The summed E-state index contributed by atoms with van der Waals surface area (Å²) >= 11 is 0. The molecule has 8 nitrogen and oxygen atoms in total. The van der Waals surface area contributed by atoms with Crippen molar-refractivity contribution in [3.8, 4) is 11.1 Å². The largest absolute Gasteiger partial charge is 0.467 e. The van der Waals surface area contributed by atoms with Gasteiger partial charge in [-0.25, -0.2) is 4.79 Å². The summed E-state index contributed by atoms with van der Waals surface area (Å²) in [6.45, 7) is -0.527. The molecule has 0 bridgehead atoms. The number of esters is 1. The van der Waals surface area contributed by atoms with Crippen molar-refractivity contribution < 1.29 is 28.3 Å². The number of para-hydroxylation sites is 1. The first kappa shape index (κ1) is 22.8. The first-order valence-electron chi connectivity index (χ1n) is 11.2. The van der Waals surface area contributed by atoms with Crippen LogP contribution in [0.5, 0.6) is 0 Å². The van der Waals surface area contributed by atoms with Crippen LogP contribution in [0.4, 0.5) is 5.69 Å². The zero-order valence-corrected chi connectivity index (χ0v) is 19.0. The topological polar surface area (TPSA) is 106 Å². The van der Waals surface area contributed by atoms with Crippen LogP contribution in [0.25, 0.3) is 11.1 Å². The fourth-order valence-corrected chi connectivity index (χ4v) is 3.98. The molecule has 0 atom stereocenters. The minimum atomic E-state index is -0.783. The maximum atomic E-state index is 12.8. The first-order valence-corrected chi connectivity index (χ1v) is 11.2. The van der Waals surface area contributed by atoms with Gasteiger partial charge in [-0.2, -0.15) is 0 Å². The van der Waals surface area contributed by atoms with Crippen LogP contribution >= 0.6 is 0 Å². The van der Waals surface area contributed by atoms with E-state index >= 15 is 0 Å². The van der Waals surface area contributed by atoms with Crippen molar-refractivity contribution in [1.29, 1.82) is 0 Å². The van der Waals surface area contributed by atoms with E-state index in [0.717, 1.165) is 16.0 Å². The average molecular weight is 480 g/mol. The molecule has 5 rings (SSSR count). The molecule has 1 aliphatic rings. The number of benzene rings is 3. The van der Waals surface area contributed by atoms with E-state index in [9.17, 15) is 19.2 Å². The molecule has 0 unspecified atom stereocenters. The molecule has 0 fully saturated rings. The Morgan fingerprint density at radius 1 is 0.806 bits per heavy atom. The molecule has 0 saturated heterocycles. The first-order chi connectivity index (χ1) is 17.5. The van der Waals surface area contributed by atoms with Crippen LogP contribution in [-0.4, -0.2) is 35.2 Å². The van der Waals surface area contributed by atoms with Crippen LogP contribution in [0.3, 0.4) is 0 Å². The molecule has 3 amide bonds. The third kappa shape index (κ3) is 4.52.